The van der Waals surface area contributed by atoms with Crippen molar-refractivity contribution in [1.82, 2.24) is 30.3 Å². The van der Waals surface area contributed by atoms with E-state index in [4.69, 9.17) is 0 Å². The van der Waals surface area contributed by atoms with Crippen LogP contribution in [0.3, 0.4) is 0 Å². The molecule has 0 amide bonds. The largest absolute Gasteiger partial charge is 0.352 e. The van der Waals surface area contributed by atoms with Crippen molar-refractivity contribution in [2.45, 2.75) is 45.3 Å². The Bertz CT molecular complexity index is 729. The highest BCUT2D eigenvalue weighted by molar-refractivity contribution is 5.79. The van der Waals surface area contributed by atoms with Crippen LogP contribution in [-0.2, 0) is 26.7 Å². The van der Waals surface area contributed by atoms with E-state index in [0.29, 0.717) is 6.54 Å². The van der Waals surface area contributed by atoms with Crippen LogP contribution in [0.1, 0.15) is 42.6 Å². The zero-order valence-electron chi connectivity index (χ0n) is 16.5. The zero-order valence-corrected chi connectivity index (χ0v) is 16.5. The number of hydrogen-bond acceptors (Lipinski definition) is 4. The van der Waals surface area contributed by atoms with Crippen molar-refractivity contribution < 1.29 is 0 Å². The van der Waals surface area contributed by atoms with E-state index in [0.717, 1.165) is 24.9 Å². The maximum absolute atomic E-state index is 4.32. The van der Waals surface area contributed by atoms with Gasteiger partial charge in [-0.25, -0.2) is 4.98 Å². The van der Waals surface area contributed by atoms with Crippen molar-refractivity contribution in [2.24, 2.45) is 12.0 Å². The number of nitrogens with zero attached hydrogens (tertiary/aromatic N) is 5. The van der Waals surface area contributed by atoms with Gasteiger partial charge in [0.15, 0.2) is 5.96 Å². The number of nitrogens with one attached hydrogen (secondary N) is 2. The van der Waals surface area contributed by atoms with Gasteiger partial charge in [0.25, 0.3) is 0 Å². The molecule has 2 N–H and O–H groups in total. The first-order chi connectivity index (χ1) is 13.3. The lowest BCUT2D eigenvalue weighted by atomic mass is 10.1. The number of aromatic nitrogens is 3. The van der Waals surface area contributed by atoms with Gasteiger partial charge < -0.3 is 10.6 Å². The Labute approximate surface area is 161 Å². The Kier molecular flexibility index (Phi) is 7.21. The quantitative estimate of drug-likeness (QED) is 0.602. The summed E-state index contributed by atoms with van der Waals surface area (Å²) in [5, 5.41) is 10.8. The van der Waals surface area contributed by atoms with Crippen LogP contribution in [0.2, 0.25) is 0 Å². The first kappa shape index (κ1) is 19.4. The molecule has 0 bridgehead atoms. The molecule has 0 unspecified atom stereocenters. The molecule has 2 aromatic rings. The summed E-state index contributed by atoms with van der Waals surface area (Å²) in [6, 6.07) is 8.70. The Hall–Kier alpha value is -2.41. The number of rotatable bonds is 6. The lowest BCUT2D eigenvalue weighted by Crippen LogP contribution is -2.37. The molecule has 27 heavy (non-hydrogen) atoms. The van der Waals surface area contributed by atoms with Crippen LogP contribution < -0.4 is 10.6 Å². The molecule has 1 aliphatic heterocycles. The SMILES string of the molecule is CN=C(NCc1ccccc1CN1CCCCCC1)NCc1ncnn1C. The summed E-state index contributed by atoms with van der Waals surface area (Å²) in [7, 11) is 3.68. The van der Waals surface area contributed by atoms with Crippen molar-refractivity contribution in [3.8, 4) is 0 Å². The molecule has 3 rings (SSSR count). The predicted octanol–water partition coefficient (Wildman–Crippen LogP) is 2.06. The number of aliphatic imine (C=N–C) groups is 1. The van der Waals surface area contributed by atoms with Crippen molar-refractivity contribution >= 4 is 5.96 Å². The molecule has 0 radical (unpaired) electrons. The van der Waals surface area contributed by atoms with Gasteiger partial charge in [-0.3, -0.25) is 14.6 Å². The van der Waals surface area contributed by atoms with Crippen LogP contribution >= 0.6 is 0 Å². The Balaban J connectivity index is 1.55. The molecule has 7 nitrogen and oxygen atoms in total. The monoisotopic (exact) mass is 369 g/mol. The zero-order chi connectivity index (χ0) is 18.9. The highest BCUT2D eigenvalue weighted by atomic mass is 15.3. The lowest BCUT2D eigenvalue weighted by molar-refractivity contribution is 0.276. The van der Waals surface area contributed by atoms with Crippen molar-refractivity contribution in [2.75, 3.05) is 20.1 Å². The Morgan fingerprint density at radius 3 is 2.41 bits per heavy atom. The molecule has 1 fully saturated rings. The summed E-state index contributed by atoms with van der Waals surface area (Å²) in [4.78, 5) is 11.1. The van der Waals surface area contributed by atoms with Crippen molar-refractivity contribution in [1.29, 1.82) is 0 Å². The van der Waals surface area contributed by atoms with E-state index >= 15 is 0 Å². The molecule has 1 saturated heterocycles. The van der Waals surface area contributed by atoms with E-state index in [1.807, 2.05) is 7.05 Å². The van der Waals surface area contributed by atoms with Gasteiger partial charge in [-0.15, -0.1) is 0 Å². The third-order valence-corrected chi connectivity index (χ3v) is 5.10. The average molecular weight is 370 g/mol. The third-order valence-electron chi connectivity index (χ3n) is 5.10. The summed E-state index contributed by atoms with van der Waals surface area (Å²) in [5.74, 6) is 1.64. The summed E-state index contributed by atoms with van der Waals surface area (Å²) >= 11 is 0. The summed E-state index contributed by atoms with van der Waals surface area (Å²) < 4.78 is 1.76. The number of guanidine groups is 1. The van der Waals surface area contributed by atoms with E-state index in [1.54, 1.807) is 18.1 Å². The smallest absolute Gasteiger partial charge is 0.191 e. The van der Waals surface area contributed by atoms with Crippen molar-refractivity contribution in [3.05, 3.63) is 47.5 Å². The summed E-state index contributed by atoms with van der Waals surface area (Å²) in [5.41, 5.74) is 2.72. The topological polar surface area (TPSA) is 70.4 Å². The van der Waals surface area contributed by atoms with Crippen LogP contribution in [0, 0.1) is 0 Å². The minimum Gasteiger partial charge on any atom is -0.352 e. The van der Waals surface area contributed by atoms with Gasteiger partial charge in [-0.05, 0) is 37.1 Å². The van der Waals surface area contributed by atoms with E-state index in [2.05, 4.69) is 54.9 Å². The lowest BCUT2D eigenvalue weighted by Gasteiger charge is -2.22. The number of likely N-dealkylation sites (tertiary alicyclic amines) is 1. The molecule has 1 aliphatic rings. The summed E-state index contributed by atoms with van der Waals surface area (Å²) in [6.45, 7) is 4.79. The molecule has 1 aromatic heterocycles. The standard InChI is InChI=1S/C20H31N7/c1-21-20(23-14-19-24-16-25-26(19)2)22-13-17-9-5-6-10-18(17)15-27-11-7-3-4-8-12-27/h5-6,9-10,16H,3-4,7-8,11-15H2,1-2H3,(H2,21,22,23). The molecule has 146 valence electrons. The fourth-order valence-electron chi connectivity index (χ4n) is 3.46. The first-order valence-corrected chi connectivity index (χ1v) is 9.83. The maximum atomic E-state index is 4.32. The molecule has 0 saturated carbocycles. The molecule has 0 spiro atoms. The van der Waals surface area contributed by atoms with Gasteiger partial charge in [0.05, 0.1) is 6.54 Å². The third kappa shape index (κ3) is 5.79. The fourth-order valence-corrected chi connectivity index (χ4v) is 3.46. The van der Waals surface area contributed by atoms with Gasteiger partial charge in [-0.2, -0.15) is 5.10 Å². The second-order valence-electron chi connectivity index (χ2n) is 7.04. The minimum absolute atomic E-state index is 0.589. The van der Waals surface area contributed by atoms with Crippen LogP contribution in [0.5, 0.6) is 0 Å². The van der Waals surface area contributed by atoms with Crippen LogP contribution in [0.15, 0.2) is 35.6 Å². The average Bonchev–Trinajstić information content (AvgIpc) is 2.93. The van der Waals surface area contributed by atoms with Gasteiger partial charge in [0.2, 0.25) is 0 Å². The van der Waals surface area contributed by atoms with Gasteiger partial charge in [0, 0.05) is 27.2 Å². The Morgan fingerprint density at radius 1 is 1.04 bits per heavy atom. The van der Waals surface area contributed by atoms with Crippen LogP contribution in [0.25, 0.3) is 0 Å². The first-order valence-electron chi connectivity index (χ1n) is 9.83. The minimum atomic E-state index is 0.589. The molecule has 0 aliphatic carbocycles. The summed E-state index contributed by atoms with van der Waals surface area (Å²) in [6.07, 6.45) is 6.94. The normalized spacial score (nSPS) is 16.1. The van der Waals surface area contributed by atoms with E-state index < -0.39 is 0 Å². The molecule has 2 heterocycles. The Morgan fingerprint density at radius 2 is 1.74 bits per heavy atom. The maximum Gasteiger partial charge on any atom is 0.191 e. The van der Waals surface area contributed by atoms with Gasteiger partial charge in [0.1, 0.15) is 12.2 Å². The second kappa shape index (κ2) is 10.1. The van der Waals surface area contributed by atoms with Gasteiger partial charge >= 0.3 is 0 Å². The number of benzene rings is 1. The highest BCUT2D eigenvalue weighted by Gasteiger charge is 2.12. The molecule has 1 aromatic carbocycles. The molecular weight excluding hydrogens is 338 g/mol. The van der Waals surface area contributed by atoms with E-state index in [9.17, 15) is 0 Å². The number of aryl methyl sites for hydroxylation is 1. The van der Waals surface area contributed by atoms with Crippen LogP contribution in [-0.4, -0.2) is 45.8 Å². The van der Waals surface area contributed by atoms with Crippen LogP contribution in [0.4, 0.5) is 0 Å². The van der Waals surface area contributed by atoms with E-state index in [1.165, 1.54) is 49.9 Å². The molecule has 7 heteroatoms. The second-order valence-corrected chi connectivity index (χ2v) is 7.04. The predicted molar refractivity (Wildman–Crippen MR) is 108 cm³/mol. The molecular formula is C20H31N7. The van der Waals surface area contributed by atoms with E-state index in [-0.39, 0.29) is 0 Å². The highest BCUT2D eigenvalue weighted by Crippen LogP contribution is 2.16. The fraction of sp³-hybridized carbons (Fsp3) is 0.550. The van der Waals surface area contributed by atoms with Gasteiger partial charge in [-0.1, -0.05) is 37.1 Å². The number of hydrogen-bond donors (Lipinski definition) is 2. The molecule has 0 atom stereocenters. The van der Waals surface area contributed by atoms with Crippen molar-refractivity contribution in [3.63, 3.8) is 0 Å².